The first-order valence-corrected chi connectivity index (χ1v) is 6.35. The molecule has 0 rings (SSSR count). The third-order valence-corrected chi connectivity index (χ3v) is 3.39. The van der Waals surface area contributed by atoms with E-state index in [1.165, 1.54) is 11.8 Å². The minimum atomic E-state index is -1.01. The van der Waals surface area contributed by atoms with Gasteiger partial charge in [0.2, 0.25) is 0 Å². The molecule has 0 aromatic rings. The quantitative estimate of drug-likeness (QED) is 0.482. The molecule has 0 amide bonds. The van der Waals surface area contributed by atoms with Gasteiger partial charge < -0.3 is 15.3 Å². The third kappa shape index (κ3) is 5.69. The van der Waals surface area contributed by atoms with Crippen LogP contribution in [0.1, 0.15) is 20.8 Å². The van der Waals surface area contributed by atoms with E-state index in [2.05, 4.69) is 5.32 Å². The van der Waals surface area contributed by atoms with Crippen LogP contribution < -0.4 is 5.32 Å². The lowest BCUT2D eigenvalue weighted by atomic mass is 10.1. The van der Waals surface area contributed by atoms with Gasteiger partial charge in [0.05, 0.1) is 12.7 Å². The SMILES string of the molecule is CC(C)NC(C)(CSCC(O)CO)C(=O)O. The smallest absolute Gasteiger partial charge is 0.324 e. The molecule has 0 saturated carbocycles. The Kier molecular flexibility index (Phi) is 6.98. The summed E-state index contributed by atoms with van der Waals surface area (Å²) in [5.74, 6) is -0.233. The number of aliphatic carboxylic acids is 1. The van der Waals surface area contributed by atoms with Crippen molar-refractivity contribution in [2.75, 3.05) is 18.1 Å². The van der Waals surface area contributed by atoms with Crippen molar-refractivity contribution in [3.8, 4) is 0 Å². The summed E-state index contributed by atoms with van der Waals surface area (Å²) in [5.41, 5.74) is -1.01. The van der Waals surface area contributed by atoms with Gasteiger partial charge in [-0.1, -0.05) is 0 Å². The topological polar surface area (TPSA) is 89.8 Å². The van der Waals surface area contributed by atoms with E-state index in [0.29, 0.717) is 11.5 Å². The monoisotopic (exact) mass is 251 g/mol. The Hall–Kier alpha value is -0.300. The van der Waals surface area contributed by atoms with Gasteiger partial charge in [0.15, 0.2) is 0 Å². The van der Waals surface area contributed by atoms with Crippen molar-refractivity contribution in [2.45, 2.75) is 38.5 Å². The van der Waals surface area contributed by atoms with Crippen LogP contribution in [0.5, 0.6) is 0 Å². The molecular formula is C10H21NO4S. The second-order valence-electron chi connectivity index (χ2n) is 4.29. The summed E-state index contributed by atoms with van der Waals surface area (Å²) < 4.78 is 0. The fourth-order valence-electron chi connectivity index (χ4n) is 1.25. The Balaban J connectivity index is 4.18. The molecule has 0 spiro atoms. The molecule has 0 radical (unpaired) electrons. The molecule has 4 N–H and O–H groups in total. The third-order valence-electron chi connectivity index (χ3n) is 1.99. The second kappa shape index (κ2) is 7.11. The van der Waals surface area contributed by atoms with E-state index < -0.39 is 17.6 Å². The van der Waals surface area contributed by atoms with Crippen LogP contribution in [-0.4, -0.2) is 57.1 Å². The largest absolute Gasteiger partial charge is 0.480 e. The van der Waals surface area contributed by atoms with E-state index in [1.807, 2.05) is 13.8 Å². The molecule has 0 bridgehead atoms. The first kappa shape index (κ1) is 15.7. The molecule has 0 heterocycles. The average Bonchev–Trinajstić information content (AvgIpc) is 2.16. The number of carbonyl (C=O) groups is 1. The first-order chi connectivity index (χ1) is 7.31. The van der Waals surface area contributed by atoms with Crippen molar-refractivity contribution in [1.82, 2.24) is 5.32 Å². The number of carboxylic acid groups (broad SMARTS) is 1. The highest BCUT2D eigenvalue weighted by atomic mass is 32.2. The van der Waals surface area contributed by atoms with Crippen molar-refractivity contribution in [3.05, 3.63) is 0 Å². The molecule has 2 unspecified atom stereocenters. The van der Waals surface area contributed by atoms with E-state index in [-0.39, 0.29) is 12.6 Å². The van der Waals surface area contributed by atoms with Crippen LogP contribution in [0.2, 0.25) is 0 Å². The van der Waals surface area contributed by atoms with Gasteiger partial charge in [0.25, 0.3) is 0 Å². The minimum Gasteiger partial charge on any atom is -0.480 e. The van der Waals surface area contributed by atoms with E-state index in [9.17, 15) is 4.79 Å². The maximum absolute atomic E-state index is 11.1. The fourth-order valence-corrected chi connectivity index (χ4v) is 2.36. The Morgan fingerprint density at radius 3 is 2.44 bits per heavy atom. The Bertz CT molecular complexity index is 225. The summed E-state index contributed by atoms with van der Waals surface area (Å²) in [6.45, 7) is 5.09. The van der Waals surface area contributed by atoms with Crippen LogP contribution in [0.25, 0.3) is 0 Å². The standard InChI is InChI=1S/C10H21NO4S/c1-7(2)11-10(3,9(14)15)6-16-5-8(13)4-12/h7-8,11-13H,4-6H2,1-3H3,(H,14,15). The number of carboxylic acids is 1. The Morgan fingerprint density at radius 1 is 1.50 bits per heavy atom. The molecule has 0 aromatic carbocycles. The maximum atomic E-state index is 11.1. The molecule has 16 heavy (non-hydrogen) atoms. The highest BCUT2D eigenvalue weighted by Gasteiger charge is 2.33. The van der Waals surface area contributed by atoms with Crippen molar-refractivity contribution >= 4 is 17.7 Å². The summed E-state index contributed by atoms with van der Waals surface area (Å²) in [4.78, 5) is 11.1. The van der Waals surface area contributed by atoms with Crippen LogP contribution >= 0.6 is 11.8 Å². The number of nitrogens with one attached hydrogen (secondary N) is 1. The van der Waals surface area contributed by atoms with E-state index in [1.54, 1.807) is 6.92 Å². The molecule has 0 aliphatic rings. The van der Waals surface area contributed by atoms with Crippen LogP contribution in [0.15, 0.2) is 0 Å². The van der Waals surface area contributed by atoms with Crippen LogP contribution in [-0.2, 0) is 4.79 Å². The molecule has 2 atom stereocenters. The lowest BCUT2D eigenvalue weighted by molar-refractivity contribution is -0.143. The van der Waals surface area contributed by atoms with Gasteiger partial charge in [0, 0.05) is 17.5 Å². The maximum Gasteiger partial charge on any atom is 0.324 e. The summed E-state index contributed by atoms with van der Waals surface area (Å²) >= 11 is 1.31. The van der Waals surface area contributed by atoms with Crippen molar-refractivity contribution < 1.29 is 20.1 Å². The van der Waals surface area contributed by atoms with Crippen molar-refractivity contribution in [2.24, 2.45) is 0 Å². The van der Waals surface area contributed by atoms with Gasteiger partial charge in [-0.2, -0.15) is 11.8 Å². The van der Waals surface area contributed by atoms with Gasteiger partial charge >= 0.3 is 5.97 Å². The molecule has 6 heteroatoms. The normalized spacial score (nSPS) is 17.1. The second-order valence-corrected chi connectivity index (χ2v) is 5.32. The minimum absolute atomic E-state index is 0.0736. The van der Waals surface area contributed by atoms with Crippen LogP contribution in [0.4, 0.5) is 0 Å². The molecule has 5 nitrogen and oxygen atoms in total. The van der Waals surface area contributed by atoms with Gasteiger partial charge in [-0.3, -0.25) is 10.1 Å². The number of hydrogen-bond acceptors (Lipinski definition) is 5. The summed E-state index contributed by atoms with van der Waals surface area (Å²) in [7, 11) is 0. The number of thioether (sulfide) groups is 1. The average molecular weight is 251 g/mol. The molecule has 0 saturated heterocycles. The zero-order chi connectivity index (χ0) is 12.8. The van der Waals surface area contributed by atoms with Crippen molar-refractivity contribution in [3.63, 3.8) is 0 Å². The van der Waals surface area contributed by atoms with Crippen LogP contribution in [0, 0.1) is 0 Å². The fraction of sp³-hybridized carbons (Fsp3) is 0.900. The molecule has 0 aromatic heterocycles. The number of aliphatic hydroxyl groups is 2. The molecule has 0 aliphatic heterocycles. The zero-order valence-electron chi connectivity index (χ0n) is 9.93. The lowest BCUT2D eigenvalue weighted by Gasteiger charge is -2.28. The number of aliphatic hydroxyl groups excluding tert-OH is 2. The zero-order valence-corrected chi connectivity index (χ0v) is 10.8. The van der Waals surface area contributed by atoms with E-state index in [4.69, 9.17) is 15.3 Å². The van der Waals surface area contributed by atoms with Gasteiger partial charge in [-0.25, -0.2) is 0 Å². The number of rotatable bonds is 8. The van der Waals surface area contributed by atoms with Gasteiger partial charge in [0.1, 0.15) is 5.54 Å². The predicted octanol–water partition coefficient (Wildman–Crippen LogP) is -0.0859. The molecule has 0 fully saturated rings. The highest BCUT2D eigenvalue weighted by Crippen LogP contribution is 2.15. The Morgan fingerprint density at radius 2 is 2.06 bits per heavy atom. The van der Waals surface area contributed by atoms with Gasteiger partial charge in [-0.05, 0) is 20.8 Å². The van der Waals surface area contributed by atoms with E-state index >= 15 is 0 Å². The lowest BCUT2D eigenvalue weighted by Crippen LogP contribution is -2.54. The predicted molar refractivity (Wildman–Crippen MR) is 64.7 cm³/mol. The van der Waals surface area contributed by atoms with Gasteiger partial charge in [-0.15, -0.1) is 0 Å². The van der Waals surface area contributed by atoms with Crippen molar-refractivity contribution in [1.29, 1.82) is 0 Å². The first-order valence-electron chi connectivity index (χ1n) is 5.19. The Labute approximate surface area is 100 Å². The number of hydrogen-bond donors (Lipinski definition) is 4. The van der Waals surface area contributed by atoms with Crippen LogP contribution in [0.3, 0.4) is 0 Å². The summed E-state index contributed by atoms with van der Waals surface area (Å²) in [5, 5.41) is 29.9. The highest BCUT2D eigenvalue weighted by molar-refractivity contribution is 7.99. The molecule has 96 valence electrons. The summed E-state index contributed by atoms with van der Waals surface area (Å²) in [6.07, 6.45) is -0.790. The summed E-state index contributed by atoms with van der Waals surface area (Å²) in [6, 6.07) is 0.0736. The molecular weight excluding hydrogens is 230 g/mol. The van der Waals surface area contributed by atoms with E-state index in [0.717, 1.165) is 0 Å². The molecule has 0 aliphatic carbocycles.